The van der Waals surface area contributed by atoms with Crippen LogP contribution in [-0.4, -0.2) is 54.1 Å². The molecule has 3 rings (SSSR count). The third-order valence-electron chi connectivity index (χ3n) is 4.81. The van der Waals surface area contributed by atoms with Crippen LogP contribution in [-0.2, 0) is 6.42 Å². The van der Waals surface area contributed by atoms with E-state index in [1.54, 1.807) is 6.07 Å². The van der Waals surface area contributed by atoms with Crippen molar-refractivity contribution >= 4 is 10.9 Å². The first-order chi connectivity index (χ1) is 10.8. The van der Waals surface area contributed by atoms with Gasteiger partial charge >= 0.3 is 0 Å². The first-order valence-electron chi connectivity index (χ1n) is 8.46. The second-order valence-corrected chi connectivity index (χ2v) is 6.24. The van der Waals surface area contributed by atoms with Gasteiger partial charge in [-0.25, -0.2) is 4.39 Å². The lowest BCUT2D eigenvalue weighted by atomic mass is 10.1. The van der Waals surface area contributed by atoms with Gasteiger partial charge in [-0.3, -0.25) is 0 Å². The Labute approximate surface area is 132 Å². The lowest BCUT2D eigenvalue weighted by Gasteiger charge is -2.33. The van der Waals surface area contributed by atoms with Crippen molar-refractivity contribution in [1.29, 1.82) is 0 Å². The lowest BCUT2D eigenvalue weighted by molar-refractivity contribution is 0.136. The molecule has 1 fully saturated rings. The standard InChI is InChI=1S/C18H26FN3/c1-2-21-9-11-22(12-10-21)8-4-3-5-15-14-20-18-7-6-16(19)13-17(15)18/h6-7,13-14,20H,2-5,8-12H2,1H3. The van der Waals surface area contributed by atoms with Crippen molar-refractivity contribution in [2.24, 2.45) is 0 Å². The van der Waals surface area contributed by atoms with Crippen molar-refractivity contribution in [1.82, 2.24) is 14.8 Å². The average Bonchev–Trinajstić information content (AvgIpc) is 2.94. The summed E-state index contributed by atoms with van der Waals surface area (Å²) in [6.45, 7) is 9.41. The molecule has 0 atom stereocenters. The molecule has 120 valence electrons. The Hall–Kier alpha value is -1.39. The van der Waals surface area contributed by atoms with Gasteiger partial charge in [0, 0.05) is 43.3 Å². The summed E-state index contributed by atoms with van der Waals surface area (Å²) >= 11 is 0. The molecule has 1 aliphatic heterocycles. The van der Waals surface area contributed by atoms with E-state index in [9.17, 15) is 4.39 Å². The van der Waals surface area contributed by atoms with Crippen molar-refractivity contribution in [2.75, 3.05) is 39.3 Å². The first-order valence-corrected chi connectivity index (χ1v) is 8.46. The number of nitrogens with zero attached hydrogens (tertiary/aromatic N) is 2. The smallest absolute Gasteiger partial charge is 0.123 e. The number of piperazine rings is 1. The largest absolute Gasteiger partial charge is 0.361 e. The number of H-pyrrole nitrogens is 1. The maximum absolute atomic E-state index is 13.4. The molecule has 0 aliphatic carbocycles. The molecule has 1 N–H and O–H groups in total. The minimum absolute atomic E-state index is 0.151. The van der Waals surface area contributed by atoms with Crippen LogP contribution in [0.15, 0.2) is 24.4 Å². The highest BCUT2D eigenvalue weighted by molar-refractivity contribution is 5.83. The summed E-state index contributed by atoms with van der Waals surface area (Å²) in [4.78, 5) is 8.32. The average molecular weight is 303 g/mol. The number of unbranched alkanes of at least 4 members (excludes halogenated alkanes) is 1. The van der Waals surface area contributed by atoms with Crippen LogP contribution in [0.2, 0.25) is 0 Å². The van der Waals surface area contributed by atoms with Gasteiger partial charge in [0.1, 0.15) is 5.82 Å². The number of aromatic amines is 1. The monoisotopic (exact) mass is 303 g/mol. The molecule has 3 nitrogen and oxygen atoms in total. The van der Waals surface area contributed by atoms with Crippen molar-refractivity contribution in [3.05, 3.63) is 35.8 Å². The summed E-state index contributed by atoms with van der Waals surface area (Å²) in [6, 6.07) is 4.98. The van der Waals surface area contributed by atoms with E-state index in [1.807, 2.05) is 12.3 Å². The summed E-state index contributed by atoms with van der Waals surface area (Å²) < 4.78 is 13.4. The van der Waals surface area contributed by atoms with Crippen LogP contribution in [0.4, 0.5) is 4.39 Å². The summed E-state index contributed by atoms with van der Waals surface area (Å²) in [7, 11) is 0. The maximum Gasteiger partial charge on any atom is 0.123 e. The molecule has 0 unspecified atom stereocenters. The van der Waals surface area contributed by atoms with Crippen LogP contribution in [0.3, 0.4) is 0 Å². The quantitative estimate of drug-likeness (QED) is 0.828. The SMILES string of the molecule is CCN1CCN(CCCCc2c[nH]c3ccc(F)cc23)CC1. The second-order valence-electron chi connectivity index (χ2n) is 6.24. The third kappa shape index (κ3) is 3.68. The van der Waals surface area contributed by atoms with E-state index in [2.05, 4.69) is 21.7 Å². The molecule has 0 radical (unpaired) electrons. The Morgan fingerprint density at radius 3 is 2.64 bits per heavy atom. The molecule has 0 amide bonds. The predicted octanol–water partition coefficient (Wildman–Crippen LogP) is 3.27. The summed E-state index contributed by atoms with van der Waals surface area (Å²) in [6.07, 6.45) is 5.44. The molecule has 1 aliphatic rings. The Morgan fingerprint density at radius 1 is 1.09 bits per heavy atom. The molecule has 2 heterocycles. The zero-order valence-corrected chi connectivity index (χ0v) is 13.4. The maximum atomic E-state index is 13.4. The van der Waals surface area contributed by atoms with E-state index in [4.69, 9.17) is 0 Å². The fraction of sp³-hybridized carbons (Fsp3) is 0.556. The third-order valence-corrected chi connectivity index (χ3v) is 4.81. The second kappa shape index (κ2) is 7.25. The van der Waals surface area contributed by atoms with E-state index < -0.39 is 0 Å². The number of fused-ring (bicyclic) bond motifs is 1. The summed E-state index contributed by atoms with van der Waals surface area (Å²) in [5, 5.41) is 1.04. The van der Waals surface area contributed by atoms with Crippen LogP contribution in [0.25, 0.3) is 10.9 Å². The summed E-state index contributed by atoms with van der Waals surface area (Å²) in [5.41, 5.74) is 2.28. The number of benzene rings is 1. The first kappa shape index (κ1) is 15.5. The lowest BCUT2D eigenvalue weighted by Crippen LogP contribution is -2.46. The number of hydrogen-bond acceptors (Lipinski definition) is 2. The summed E-state index contributed by atoms with van der Waals surface area (Å²) in [5.74, 6) is -0.151. The zero-order valence-electron chi connectivity index (χ0n) is 13.4. The molecule has 2 aromatic rings. The Kier molecular flexibility index (Phi) is 5.11. The van der Waals surface area contributed by atoms with E-state index >= 15 is 0 Å². The van der Waals surface area contributed by atoms with Gasteiger partial charge in [-0.15, -0.1) is 0 Å². The zero-order chi connectivity index (χ0) is 15.4. The molecule has 1 aromatic heterocycles. The minimum Gasteiger partial charge on any atom is -0.361 e. The highest BCUT2D eigenvalue weighted by Gasteiger charge is 2.14. The van der Waals surface area contributed by atoms with Gasteiger partial charge in [-0.2, -0.15) is 0 Å². The van der Waals surface area contributed by atoms with Crippen molar-refractivity contribution in [2.45, 2.75) is 26.2 Å². The van der Waals surface area contributed by atoms with Gasteiger partial charge in [-0.05, 0) is 56.1 Å². The number of halogens is 1. The van der Waals surface area contributed by atoms with E-state index in [0.717, 1.165) is 23.7 Å². The molecule has 0 saturated carbocycles. The van der Waals surface area contributed by atoms with Gasteiger partial charge in [0.15, 0.2) is 0 Å². The van der Waals surface area contributed by atoms with Crippen molar-refractivity contribution < 1.29 is 4.39 Å². The van der Waals surface area contributed by atoms with E-state index in [0.29, 0.717) is 0 Å². The highest BCUT2D eigenvalue weighted by atomic mass is 19.1. The fourth-order valence-electron chi connectivity index (χ4n) is 3.34. The number of nitrogens with one attached hydrogen (secondary N) is 1. The number of likely N-dealkylation sites (N-methyl/N-ethyl adjacent to an activating group) is 1. The van der Waals surface area contributed by atoms with Crippen molar-refractivity contribution in [3.63, 3.8) is 0 Å². The molecular weight excluding hydrogens is 277 g/mol. The number of rotatable bonds is 6. The predicted molar refractivity (Wildman–Crippen MR) is 89.7 cm³/mol. The normalized spacial score (nSPS) is 17.4. The van der Waals surface area contributed by atoms with E-state index in [-0.39, 0.29) is 5.82 Å². The Bertz CT molecular complexity index is 599. The van der Waals surface area contributed by atoms with Crippen LogP contribution in [0.5, 0.6) is 0 Å². The van der Waals surface area contributed by atoms with Crippen LogP contribution >= 0.6 is 0 Å². The topological polar surface area (TPSA) is 22.3 Å². The van der Waals surface area contributed by atoms with Crippen LogP contribution in [0, 0.1) is 5.82 Å². The number of hydrogen-bond donors (Lipinski definition) is 1. The van der Waals surface area contributed by atoms with E-state index in [1.165, 1.54) is 57.3 Å². The van der Waals surface area contributed by atoms with Crippen molar-refractivity contribution in [3.8, 4) is 0 Å². The molecular formula is C18H26FN3. The molecule has 1 saturated heterocycles. The Morgan fingerprint density at radius 2 is 1.86 bits per heavy atom. The van der Waals surface area contributed by atoms with Crippen LogP contribution < -0.4 is 0 Å². The van der Waals surface area contributed by atoms with Gasteiger partial charge in [0.05, 0.1) is 0 Å². The van der Waals surface area contributed by atoms with Gasteiger partial charge in [0.25, 0.3) is 0 Å². The molecule has 0 bridgehead atoms. The van der Waals surface area contributed by atoms with Crippen LogP contribution in [0.1, 0.15) is 25.3 Å². The van der Waals surface area contributed by atoms with Gasteiger partial charge in [-0.1, -0.05) is 6.92 Å². The molecule has 0 spiro atoms. The van der Waals surface area contributed by atoms with Gasteiger partial charge < -0.3 is 14.8 Å². The Balaban J connectivity index is 1.44. The highest BCUT2D eigenvalue weighted by Crippen LogP contribution is 2.21. The minimum atomic E-state index is -0.151. The fourth-order valence-corrected chi connectivity index (χ4v) is 3.34. The van der Waals surface area contributed by atoms with Gasteiger partial charge in [0.2, 0.25) is 0 Å². The molecule has 22 heavy (non-hydrogen) atoms. The number of aryl methyl sites for hydroxylation is 1. The number of aromatic nitrogens is 1. The molecule has 4 heteroatoms. The molecule has 1 aromatic carbocycles.